The Bertz CT molecular complexity index is 1420. The van der Waals surface area contributed by atoms with Crippen LogP contribution in [0.15, 0.2) is 108 Å². The molecule has 0 fully saturated rings. The van der Waals surface area contributed by atoms with E-state index in [2.05, 4.69) is 0 Å². The molecule has 1 atom stereocenters. The summed E-state index contributed by atoms with van der Waals surface area (Å²) in [5.74, 6) is -0.196. The van der Waals surface area contributed by atoms with Gasteiger partial charge in [-0.3, -0.25) is 4.79 Å². The molecule has 0 aliphatic rings. The van der Waals surface area contributed by atoms with Crippen LogP contribution in [0.25, 0.3) is 11.1 Å². The standard InChI is InChI=1S/C29H27NO4S/c1-21-14-15-22(2)28(20-21)30(35(32,33)27-12-8-5-9-13-27)29(31)23(3)34-26-18-16-25(17-19-26)24-10-6-4-7-11-24/h4-20,23H,1-3H3. The summed E-state index contributed by atoms with van der Waals surface area (Å²) >= 11 is 0. The predicted octanol–water partition coefficient (Wildman–Crippen LogP) is 6.16. The molecular formula is C29H27NO4S. The molecule has 0 saturated heterocycles. The van der Waals surface area contributed by atoms with Crippen molar-refractivity contribution in [2.75, 3.05) is 4.31 Å². The maximum Gasteiger partial charge on any atom is 0.281 e. The fourth-order valence-electron chi connectivity index (χ4n) is 3.78. The van der Waals surface area contributed by atoms with E-state index in [1.165, 1.54) is 12.1 Å². The molecule has 0 bridgehead atoms. The smallest absolute Gasteiger partial charge is 0.281 e. The van der Waals surface area contributed by atoms with E-state index in [4.69, 9.17) is 4.74 Å². The minimum Gasteiger partial charge on any atom is -0.481 e. The highest BCUT2D eigenvalue weighted by atomic mass is 32.2. The second-order valence-corrected chi connectivity index (χ2v) is 10.1. The quantitative estimate of drug-likeness (QED) is 0.314. The monoisotopic (exact) mass is 485 g/mol. The maximum atomic E-state index is 13.6. The zero-order valence-electron chi connectivity index (χ0n) is 19.9. The van der Waals surface area contributed by atoms with Crippen molar-refractivity contribution in [3.63, 3.8) is 0 Å². The van der Waals surface area contributed by atoms with Gasteiger partial charge in [0, 0.05) is 0 Å². The first kappa shape index (κ1) is 24.2. The number of sulfonamides is 1. The Hall–Kier alpha value is -3.90. The van der Waals surface area contributed by atoms with Crippen LogP contribution in [-0.2, 0) is 14.8 Å². The van der Waals surface area contributed by atoms with E-state index < -0.39 is 22.0 Å². The summed E-state index contributed by atoms with van der Waals surface area (Å²) in [5.41, 5.74) is 3.91. The number of hydrogen-bond acceptors (Lipinski definition) is 4. The molecule has 0 aliphatic carbocycles. The summed E-state index contributed by atoms with van der Waals surface area (Å²) in [6.07, 6.45) is -1.05. The van der Waals surface area contributed by atoms with Gasteiger partial charge in [-0.1, -0.05) is 72.8 Å². The van der Waals surface area contributed by atoms with Crippen LogP contribution in [0, 0.1) is 13.8 Å². The molecule has 0 aromatic heterocycles. The maximum absolute atomic E-state index is 13.6. The van der Waals surface area contributed by atoms with Crippen molar-refractivity contribution in [3.8, 4) is 16.9 Å². The first-order chi connectivity index (χ1) is 16.8. The van der Waals surface area contributed by atoms with Gasteiger partial charge >= 0.3 is 0 Å². The van der Waals surface area contributed by atoms with Crippen LogP contribution in [-0.4, -0.2) is 20.4 Å². The summed E-state index contributed by atoms with van der Waals surface area (Å²) in [6, 6.07) is 30.6. The van der Waals surface area contributed by atoms with E-state index in [0.717, 1.165) is 21.0 Å². The van der Waals surface area contributed by atoms with Gasteiger partial charge in [-0.05, 0) is 73.4 Å². The number of anilines is 1. The largest absolute Gasteiger partial charge is 0.481 e. The first-order valence-corrected chi connectivity index (χ1v) is 12.7. The summed E-state index contributed by atoms with van der Waals surface area (Å²) in [7, 11) is -4.17. The Morgan fingerprint density at radius 2 is 1.34 bits per heavy atom. The number of ether oxygens (including phenoxy) is 1. The third-order valence-corrected chi connectivity index (χ3v) is 7.41. The first-order valence-electron chi connectivity index (χ1n) is 11.3. The van der Waals surface area contributed by atoms with Crippen molar-refractivity contribution in [2.24, 2.45) is 0 Å². The van der Waals surface area contributed by atoms with Crippen LogP contribution < -0.4 is 9.04 Å². The molecule has 0 heterocycles. The summed E-state index contributed by atoms with van der Waals surface area (Å²) in [6.45, 7) is 5.20. The van der Waals surface area contributed by atoms with Crippen molar-refractivity contribution in [1.29, 1.82) is 0 Å². The number of rotatable bonds is 7. The fraction of sp³-hybridized carbons (Fsp3) is 0.138. The predicted molar refractivity (Wildman–Crippen MR) is 139 cm³/mol. The molecule has 0 radical (unpaired) electrons. The van der Waals surface area contributed by atoms with Gasteiger partial charge in [0.25, 0.3) is 15.9 Å². The number of carbonyl (C=O) groups is 1. The normalized spacial score (nSPS) is 12.1. The molecule has 0 aliphatic heterocycles. The number of carbonyl (C=O) groups excluding carboxylic acids is 1. The van der Waals surface area contributed by atoms with Crippen LogP contribution in [0.3, 0.4) is 0 Å². The highest BCUT2D eigenvalue weighted by molar-refractivity contribution is 7.93. The van der Waals surface area contributed by atoms with E-state index in [9.17, 15) is 13.2 Å². The van der Waals surface area contributed by atoms with Crippen LogP contribution in [0.1, 0.15) is 18.1 Å². The van der Waals surface area contributed by atoms with Gasteiger partial charge < -0.3 is 4.74 Å². The molecule has 1 unspecified atom stereocenters. The zero-order valence-corrected chi connectivity index (χ0v) is 20.7. The van der Waals surface area contributed by atoms with Gasteiger partial charge in [0.1, 0.15) is 5.75 Å². The average Bonchev–Trinajstić information content (AvgIpc) is 2.87. The lowest BCUT2D eigenvalue weighted by molar-refractivity contribution is -0.123. The van der Waals surface area contributed by atoms with Crippen molar-refractivity contribution in [3.05, 3.63) is 114 Å². The molecule has 0 saturated carbocycles. The lowest BCUT2D eigenvalue weighted by Crippen LogP contribution is -2.44. The summed E-state index contributed by atoms with van der Waals surface area (Å²) < 4.78 is 34.1. The number of nitrogens with zero attached hydrogens (tertiary/aromatic N) is 1. The molecule has 4 aromatic carbocycles. The molecule has 6 heteroatoms. The second-order valence-electron chi connectivity index (χ2n) is 8.36. The molecule has 4 rings (SSSR count). The highest BCUT2D eigenvalue weighted by Crippen LogP contribution is 2.30. The van der Waals surface area contributed by atoms with Crippen molar-refractivity contribution in [1.82, 2.24) is 0 Å². The molecule has 0 spiro atoms. The minimum atomic E-state index is -4.17. The third-order valence-electron chi connectivity index (χ3n) is 5.69. The Morgan fingerprint density at radius 1 is 0.771 bits per heavy atom. The molecule has 1 amide bonds. The molecule has 178 valence electrons. The van der Waals surface area contributed by atoms with Crippen LogP contribution in [0.2, 0.25) is 0 Å². The van der Waals surface area contributed by atoms with Crippen LogP contribution in [0.4, 0.5) is 5.69 Å². The van der Waals surface area contributed by atoms with Gasteiger partial charge in [0.05, 0.1) is 10.6 Å². The van der Waals surface area contributed by atoms with Crippen molar-refractivity contribution >= 4 is 21.6 Å². The third kappa shape index (κ3) is 5.28. The Morgan fingerprint density at radius 3 is 1.97 bits per heavy atom. The van der Waals surface area contributed by atoms with E-state index in [0.29, 0.717) is 17.0 Å². The Labute approximate surface area is 206 Å². The second kappa shape index (κ2) is 10.2. The van der Waals surface area contributed by atoms with Crippen molar-refractivity contribution < 1.29 is 17.9 Å². The van der Waals surface area contributed by atoms with Gasteiger partial charge in [0.2, 0.25) is 0 Å². The summed E-state index contributed by atoms with van der Waals surface area (Å²) in [5, 5.41) is 0. The zero-order chi connectivity index (χ0) is 25.0. The summed E-state index contributed by atoms with van der Waals surface area (Å²) in [4.78, 5) is 13.7. The van der Waals surface area contributed by atoms with Crippen LogP contribution >= 0.6 is 0 Å². The van der Waals surface area contributed by atoms with Gasteiger partial charge in [-0.25, -0.2) is 8.42 Å². The van der Waals surface area contributed by atoms with Crippen LogP contribution in [0.5, 0.6) is 5.75 Å². The average molecular weight is 486 g/mol. The Balaban J connectivity index is 1.66. The van der Waals surface area contributed by atoms with E-state index >= 15 is 0 Å². The topological polar surface area (TPSA) is 63.7 Å². The molecule has 5 nitrogen and oxygen atoms in total. The number of benzene rings is 4. The van der Waals surface area contributed by atoms with Gasteiger partial charge in [-0.2, -0.15) is 4.31 Å². The van der Waals surface area contributed by atoms with E-state index in [-0.39, 0.29) is 4.90 Å². The fourth-order valence-corrected chi connectivity index (χ4v) is 5.33. The Kier molecular flexibility index (Phi) is 7.03. The highest BCUT2D eigenvalue weighted by Gasteiger charge is 2.35. The van der Waals surface area contributed by atoms with E-state index in [1.807, 2.05) is 55.5 Å². The lowest BCUT2D eigenvalue weighted by Gasteiger charge is -2.27. The number of amides is 1. The molecule has 35 heavy (non-hydrogen) atoms. The van der Waals surface area contributed by atoms with Crippen molar-refractivity contribution in [2.45, 2.75) is 31.8 Å². The minimum absolute atomic E-state index is 0.0358. The SMILES string of the molecule is Cc1ccc(C)c(N(C(=O)C(C)Oc2ccc(-c3ccccc3)cc2)S(=O)(=O)c2ccccc2)c1. The van der Waals surface area contributed by atoms with E-state index in [1.54, 1.807) is 56.3 Å². The molecule has 0 N–H and O–H groups in total. The number of aryl methyl sites for hydroxylation is 2. The molecule has 4 aromatic rings. The number of hydrogen-bond donors (Lipinski definition) is 0. The molecular weight excluding hydrogens is 458 g/mol. The van der Waals surface area contributed by atoms with Gasteiger partial charge in [-0.15, -0.1) is 0 Å². The van der Waals surface area contributed by atoms with Gasteiger partial charge in [0.15, 0.2) is 6.10 Å². The lowest BCUT2D eigenvalue weighted by atomic mass is 10.1.